The van der Waals surface area contributed by atoms with Gasteiger partial charge in [-0.3, -0.25) is 4.98 Å². The minimum atomic E-state index is -0.370. The third kappa shape index (κ3) is 1.82. The number of aromatic nitrogens is 2. The molecule has 0 atom stereocenters. The summed E-state index contributed by atoms with van der Waals surface area (Å²) < 4.78 is 5.60. The van der Waals surface area contributed by atoms with E-state index in [1.165, 1.54) is 0 Å². The molecule has 0 aromatic carbocycles. The molecule has 4 nitrogen and oxygen atoms in total. The normalized spacial score (nSPS) is 10.7. The van der Waals surface area contributed by atoms with Gasteiger partial charge in [0.25, 0.3) is 0 Å². The van der Waals surface area contributed by atoms with Crippen molar-refractivity contribution in [3.05, 3.63) is 28.0 Å². The lowest BCUT2D eigenvalue weighted by Crippen LogP contribution is -2.05. The molecule has 0 fully saturated rings. The second-order valence-electron chi connectivity index (χ2n) is 3.38. The number of rotatable bonds is 2. The third-order valence-corrected chi connectivity index (χ3v) is 2.97. The highest BCUT2D eigenvalue weighted by atomic mass is 79.9. The molecule has 2 rings (SSSR count). The number of H-pyrrole nitrogens is 1. The fourth-order valence-electron chi connectivity index (χ4n) is 1.48. The summed E-state index contributed by atoms with van der Waals surface area (Å²) in [6.45, 7) is 4.03. The number of halogens is 1. The summed E-state index contributed by atoms with van der Waals surface area (Å²) in [4.78, 5) is 19.0. The van der Waals surface area contributed by atoms with Crippen molar-refractivity contribution in [2.24, 2.45) is 0 Å². The highest BCUT2D eigenvalue weighted by Crippen LogP contribution is 2.26. The van der Waals surface area contributed by atoms with Crippen LogP contribution in [0.2, 0.25) is 0 Å². The standard InChI is InChI=1S/C11H11BrN2O2/c1-3-16-11(15)10-8(12)9-7(14-10)5-4-6(2)13-9/h4-5,14H,3H2,1-2H3. The Balaban J connectivity index is 2.56. The number of aryl methyl sites for hydroxylation is 1. The van der Waals surface area contributed by atoms with Crippen LogP contribution in [0.4, 0.5) is 0 Å². The van der Waals surface area contributed by atoms with Crippen molar-refractivity contribution in [3.63, 3.8) is 0 Å². The SMILES string of the molecule is CCOC(=O)c1[nH]c2ccc(C)nc2c1Br. The number of ether oxygens (including phenoxy) is 1. The number of hydrogen-bond acceptors (Lipinski definition) is 3. The predicted molar refractivity (Wildman–Crippen MR) is 64.5 cm³/mol. The van der Waals surface area contributed by atoms with Gasteiger partial charge in [-0.2, -0.15) is 0 Å². The molecule has 0 saturated carbocycles. The number of fused-ring (bicyclic) bond motifs is 1. The van der Waals surface area contributed by atoms with Gasteiger partial charge in [-0.05, 0) is 41.9 Å². The van der Waals surface area contributed by atoms with Crippen LogP contribution in [0.1, 0.15) is 23.1 Å². The highest BCUT2D eigenvalue weighted by Gasteiger charge is 2.17. The van der Waals surface area contributed by atoms with E-state index in [1.807, 2.05) is 19.1 Å². The first-order valence-corrected chi connectivity index (χ1v) is 5.74. The van der Waals surface area contributed by atoms with Crippen molar-refractivity contribution in [2.45, 2.75) is 13.8 Å². The second-order valence-corrected chi connectivity index (χ2v) is 4.18. The monoisotopic (exact) mass is 282 g/mol. The Kier molecular flexibility index (Phi) is 2.96. The van der Waals surface area contributed by atoms with Gasteiger partial charge in [0.1, 0.15) is 11.2 Å². The Hall–Kier alpha value is -1.36. The number of carbonyl (C=O) groups is 1. The molecular weight excluding hydrogens is 272 g/mol. The largest absolute Gasteiger partial charge is 0.461 e. The Morgan fingerprint density at radius 1 is 1.56 bits per heavy atom. The smallest absolute Gasteiger partial charge is 0.356 e. The molecule has 0 aliphatic rings. The van der Waals surface area contributed by atoms with Gasteiger partial charge in [0, 0.05) is 5.69 Å². The van der Waals surface area contributed by atoms with Crippen LogP contribution in [0.3, 0.4) is 0 Å². The fourth-order valence-corrected chi connectivity index (χ4v) is 2.04. The van der Waals surface area contributed by atoms with E-state index in [9.17, 15) is 4.79 Å². The van der Waals surface area contributed by atoms with Gasteiger partial charge >= 0.3 is 5.97 Å². The van der Waals surface area contributed by atoms with E-state index in [1.54, 1.807) is 6.92 Å². The number of nitrogens with one attached hydrogen (secondary N) is 1. The quantitative estimate of drug-likeness (QED) is 0.862. The summed E-state index contributed by atoms with van der Waals surface area (Å²) >= 11 is 3.36. The molecule has 0 unspecified atom stereocenters. The van der Waals surface area contributed by atoms with Gasteiger partial charge in [0.05, 0.1) is 16.6 Å². The van der Waals surface area contributed by atoms with E-state index in [0.717, 1.165) is 16.7 Å². The summed E-state index contributed by atoms with van der Waals surface area (Å²) in [5.41, 5.74) is 2.89. The van der Waals surface area contributed by atoms with Crippen LogP contribution < -0.4 is 0 Å². The van der Waals surface area contributed by atoms with Crippen molar-refractivity contribution in [1.82, 2.24) is 9.97 Å². The van der Waals surface area contributed by atoms with Crippen LogP contribution in [0, 0.1) is 6.92 Å². The van der Waals surface area contributed by atoms with Gasteiger partial charge in [-0.15, -0.1) is 0 Å². The van der Waals surface area contributed by atoms with Crippen molar-refractivity contribution in [2.75, 3.05) is 6.61 Å². The van der Waals surface area contributed by atoms with Gasteiger partial charge in [-0.1, -0.05) is 0 Å². The van der Waals surface area contributed by atoms with Gasteiger partial charge in [0.15, 0.2) is 0 Å². The number of pyridine rings is 1. The van der Waals surface area contributed by atoms with Crippen molar-refractivity contribution >= 4 is 32.9 Å². The summed E-state index contributed by atoms with van der Waals surface area (Å²) in [6.07, 6.45) is 0. The maximum absolute atomic E-state index is 11.6. The zero-order valence-corrected chi connectivity index (χ0v) is 10.6. The Bertz CT molecular complexity index is 548. The molecule has 0 aliphatic heterocycles. The summed E-state index contributed by atoms with van der Waals surface area (Å²) in [6, 6.07) is 3.78. The van der Waals surface area contributed by atoms with E-state index in [-0.39, 0.29) is 5.97 Å². The molecule has 2 aromatic heterocycles. The van der Waals surface area contributed by atoms with Crippen molar-refractivity contribution in [1.29, 1.82) is 0 Å². The lowest BCUT2D eigenvalue weighted by molar-refractivity contribution is 0.0519. The number of aromatic amines is 1. The molecule has 5 heteroatoms. The molecule has 84 valence electrons. The van der Waals surface area contributed by atoms with E-state index < -0.39 is 0 Å². The zero-order valence-electron chi connectivity index (χ0n) is 9.00. The zero-order chi connectivity index (χ0) is 11.7. The van der Waals surface area contributed by atoms with E-state index in [2.05, 4.69) is 25.9 Å². The van der Waals surface area contributed by atoms with Crippen LogP contribution in [-0.4, -0.2) is 22.5 Å². The molecule has 0 saturated heterocycles. The fraction of sp³-hybridized carbons (Fsp3) is 0.273. The second kappa shape index (κ2) is 4.25. The van der Waals surface area contributed by atoms with Crippen LogP contribution >= 0.6 is 15.9 Å². The summed E-state index contributed by atoms with van der Waals surface area (Å²) in [5, 5.41) is 0. The minimum Gasteiger partial charge on any atom is -0.461 e. The molecule has 0 spiro atoms. The lowest BCUT2D eigenvalue weighted by Gasteiger charge is -1.98. The average molecular weight is 283 g/mol. The van der Waals surface area contributed by atoms with Gasteiger partial charge in [-0.25, -0.2) is 4.79 Å². The van der Waals surface area contributed by atoms with Crippen molar-refractivity contribution < 1.29 is 9.53 Å². The Labute approximate surface area is 101 Å². The van der Waals surface area contributed by atoms with Crippen LogP contribution in [0.25, 0.3) is 11.0 Å². The molecule has 0 bridgehead atoms. The Morgan fingerprint density at radius 3 is 3.00 bits per heavy atom. The molecule has 16 heavy (non-hydrogen) atoms. The molecular formula is C11H11BrN2O2. The maximum Gasteiger partial charge on any atom is 0.356 e. The Morgan fingerprint density at radius 2 is 2.31 bits per heavy atom. The summed E-state index contributed by atoms with van der Waals surface area (Å²) in [7, 11) is 0. The van der Waals surface area contributed by atoms with Gasteiger partial charge in [0.2, 0.25) is 0 Å². The minimum absolute atomic E-state index is 0.354. The number of nitrogens with zero attached hydrogens (tertiary/aromatic N) is 1. The topological polar surface area (TPSA) is 55.0 Å². The number of hydrogen-bond donors (Lipinski definition) is 1. The van der Waals surface area contributed by atoms with Crippen molar-refractivity contribution in [3.8, 4) is 0 Å². The van der Waals surface area contributed by atoms with E-state index in [4.69, 9.17) is 4.74 Å². The molecule has 0 amide bonds. The van der Waals surface area contributed by atoms with Crippen LogP contribution in [-0.2, 0) is 4.74 Å². The third-order valence-electron chi connectivity index (χ3n) is 2.20. The molecule has 2 aromatic rings. The molecule has 2 heterocycles. The molecule has 0 aliphatic carbocycles. The van der Waals surface area contributed by atoms with Crippen LogP contribution in [0.15, 0.2) is 16.6 Å². The first kappa shape index (κ1) is 11.1. The number of esters is 1. The van der Waals surface area contributed by atoms with E-state index in [0.29, 0.717) is 16.8 Å². The van der Waals surface area contributed by atoms with Gasteiger partial charge < -0.3 is 9.72 Å². The first-order valence-electron chi connectivity index (χ1n) is 4.95. The summed E-state index contributed by atoms with van der Waals surface area (Å²) in [5.74, 6) is -0.370. The predicted octanol–water partition coefficient (Wildman–Crippen LogP) is 2.81. The average Bonchev–Trinajstić information content (AvgIpc) is 2.57. The van der Waals surface area contributed by atoms with E-state index >= 15 is 0 Å². The molecule has 0 radical (unpaired) electrons. The maximum atomic E-state index is 11.6. The number of carbonyl (C=O) groups excluding carboxylic acids is 1. The lowest BCUT2D eigenvalue weighted by atomic mass is 10.3. The highest BCUT2D eigenvalue weighted by molar-refractivity contribution is 9.10. The first-order chi connectivity index (χ1) is 7.63. The van der Waals surface area contributed by atoms with Crippen LogP contribution in [0.5, 0.6) is 0 Å². The molecule has 1 N–H and O–H groups in total.